The van der Waals surface area contributed by atoms with Crippen molar-refractivity contribution in [3.8, 4) is 11.5 Å². The molecule has 3 rings (SSSR count). The van der Waals surface area contributed by atoms with Gasteiger partial charge in [0, 0.05) is 18.0 Å². The van der Waals surface area contributed by atoms with Crippen molar-refractivity contribution in [1.82, 2.24) is 9.97 Å². The predicted molar refractivity (Wildman–Crippen MR) is 74.7 cm³/mol. The molecule has 1 unspecified atom stereocenters. The van der Waals surface area contributed by atoms with Crippen molar-refractivity contribution < 1.29 is 9.47 Å². The molecular formula is C15H17N3O2. The second kappa shape index (κ2) is 5.46. The number of rotatable bonds is 5. The van der Waals surface area contributed by atoms with E-state index < -0.39 is 0 Å². The van der Waals surface area contributed by atoms with E-state index in [1.807, 2.05) is 18.2 Å². The maximum Gasteiger partial charge on any atom is 0.161 e. The largest absolute Gasteiger partial charge is 0.493 e. The Bertz CT molecular complexity index is 585. The van der Waals surface area contributed by atoms with Crippen molar-refractivity contribution in [2.75, 3.05) is 7.11 Å². The summed E-state index contributed by atoms with van der Waals surface area (Å²) in [5, 5.41) is 0. The average molecular weight is 271 g/mol. The molecule has 1 heterocycles. The molecule has 0 amide bonds. The van der Waals surface area contributed by atoms with Crippen LogP contribution in [0.3, 0.4) is 0 Å². The Morgan fingerprint density at radius 3 is 2.55 bits per heavy atom. The van der Waals surface area contributed by atoms with E-state index in [-0.39, 0.29) is 6.04 Å². The minimum absolute atomic E-state index is 0.274. The molecule has 1 aromatic heterocycles. The van der Waals surface area contributed by atoms with Crippen LogP contribution in [0.25, 0.3) is 0 Å². The van der Waals surface area contributed by atoms with E-state index in [1.165, 1.54) is 6.33 Å². The minimum atomic E-state index is -0.274. The predicted octanol–water partition coefficient (Wildman–Crippen LogP) is 2.07. The molecule has 2 N–H and O–H groups in total. The lowest BCUT2D eigenvalue weighted by Gasteiger charge is -2.15. The highest BCUT2D eigenvalue weighted by Crippen LogP contribution is 2.35. The molecule has 5 heteroatoms. The van der Waals surface area contributed by atoms with E-state index in [0.717, 1.165) is 35.5 Å². The third kappa shape index (κ3) is 2.72. The molecule has 20 heavy (non-hydrogen) atoms. The summed E-state index contributed by atoms with van der Waals surface area (Å²) >= 11 is 0. The van der Waals surface area contributed by atoms with Crippen molar-refractivity contribution in [2.24, 2.45) is 5.73 Å². The molecule has 1 aromatic carbocycles. The van der Waals surface area contributed by atoms with Gasteiger partial charge in [-0.2, -0.15) is 0 Å². The molecule has 0 radical (unpaired) electrons. The molecule has 0 spiro atoms. The highest BCUT2D eigenvalue weighted by atomic mass is 16.5. The molecule has 1 saturated carbocycles. The van der Waals surface area contributed by atoms with Crippen molar-refractivity contribution in [2.45, 2.75) is 25.0 Å². The molecule has 1 fully saturated rings. The summed E-state index contributed by atoms with van der Waals surface area (Å²) in [5.41, 5.74) is 8.07. The lowest BCUT2D eigenvalue weighted by atomic mass is 10.0. The van der Waals surface area contributed by atoms with Gasteiger partial charge in [-0.05, 0) is 30.5 Å². The second-order valence-corrected chi connectivity index (χ2v) is 4.88. The number of methoxy groups -OCH3 is 1. The smallest absolute Gasteiger partial charge is 0.161 e. The van der Waals surface area contributed by atoms with Crippen molar-refractivity contribution in [1.29, 1.82) is 0 Å². The van der Waals surface area contributed by atoms with Gasteiger partial charge < -0.3 is 15.2 Å². The third-order valence-corrected chi connectivity index (χ3v) is 3.30. The van der Waals surface area contributed by atoms with Crippen molar-refractivity contribution >= 4 is 0 Å². The maximum absolute atomic E-state index is 6.25. The van der Waals surface area contributed by atoms with Gasteiger partial charge >= 0.3 is 0 Å². The first kappa shape index (κ1) is 12.9. The topological polar surface area (TPSA) is 70.3 Å². The fourth-order valence-corrected chi connectivity index (χ4v) is 2.01. The highest BCUT2D eigenvalue weighted by molar-refractivity contribution is 5.45. The van der Waals surface area contributed by atoms with Crippen LogP contribution in [0.15, 0.2) is 36.9 Å². The van der Waals surface area contributed by atoms with Crippen molar-refractivity contribution in [3.05, 3.63) is 48.0 Å². The number of nitrogens with two attached hydrogens (primary N) is 1. The summed E-state index contributed by atoms with van der Waals surface area (Å²) in [5.74, 6) is 1.48. The minimum Gasteiger partial charge on any atom is -0.493 e. The first-order valence-corrected chi connectivity index (χ1v) is 6.63. The molecule has 0 saturated heterocycles. The number of hydrogen-bond donors (Lipinski definition) is 1. The highest BCUT2D eigenvalue weighted by Gasteiger charge is 2.25. The van der Waals surface area contributed by atoms with Crippen LogP contribution in [0.2, 0.25) is 0 Å². The monoisotopic (exact) mass is 271 g/mol. The third-order valence-electron chi connectivity index (χ3n) is 3.30. The fourth-order valence-electron chi connectivity index (χ4n) is 2.01. The first-order chi connectivity index (χ1) is 9.78. The molecule has 2 aromatic rings. The van der Waals surface area contributed by atoms with Crippen LogP contribution in [0.5, 0.6) is 11.5 Å². The zero-order valence-electron chi connectivity index (χ0n) is 11.3. The van der Waals surface area contributed by atoms with Crippen LogP contribution in [0.1, 0.15) is 30.0 Å². The summed E-state index contributed by atoms with van der Waals surface area (Å²) in [6.45, 7) is 0. The molecule has 1 aliphatic rings. The lowest BCUT2D eigenvalue weighted by Crippen LogP contribution is -2.13. The Balaban J connectivity index is 1.89. The van der Waals surface area contributed by atoms with Gasteiger partial charge in [0.1, 0.15) is 6.33 Å². The normalized spacial score (nSPS) is 15.7. The number of hydrogen-bond acceptors (Lipinski definition) is 5. The van der Waals surface area contributed by atoms with Gasteiger partial charge in [0.25, 0.3) is 0 Å². The molecule has 0 bridgehead atoms. The van der Waals surface area contributed by atoms with Gasteiger partial charge in [0.05, 0.1) is 19.3 Å². The van der Waals surface area contributed by atoms with E-state index in [2.05, 4.69) is 9.97 Å². The van der Waals surface area contributed by atoms with Crippen LogP contribution in [-0.2, 0) is 0 Å². The zero-order valence-corrected chi connectivity index (χ0v) is 11.3. The van der Waals surface area contributed by atoms with Gasteiger partial charge in [-0.25, -0.2) is 9.97 Å². The van der Waals surface area contributed by atoms with Crippen molar-refractivity contribution in [3.63, 3.8) is 0 Å². The van der Waals surface area contributed by atoms with Gasteiger partial charge in [0.2, 0.25) is 0 Å². The van der Waals surface area contributed by atoms with E-state index in [1.54, 1.807) is 19.5 Å². The van der Waals surface area contributed by atoms with Gasteiger partial charge in [-0.3, -0.25) is 0 Å². The SMILES string of the molecule is COc1ccc(C(N)c2cncnc2)cc1OC1CC1. The van der Waals surface area contributed by atoms with E-state index >= 15 is 0 Å². The van der Waals surface area contributed by atoms with Gasteiger partial charge in [-0.15, -0.1) is 0 Å². The fraction of sp³-hybridized carbons (Fsp3) is 0.333. The second-order valence-electron chi connectivity index (χ2n) is 4.88. The van der Waals surface area contributed by atoms with E-state index in [9.17, 15) is 0 Å². The van der Waals surface area contributed by atoms with Crippen LogP contribution < -0.4 is 15.2 Å². The molecular weight excluding hydrogens is 254 g/mol. The van der Waals surface area contributed by atoms with Crippen LogP contribution in [0.4, 0.5) is 0 Å². The van der Waals surface area contributed by atoms with E-state index in [0.29, 0.717) is 6.10 Å². The number of nitrogens with zero attached hydrogens (tertiary/aromatic N) is 2. The quantitative estimate of drug-likeness (QED) is 0.901. The average Bonchev–Trinajstić information content (AvgIpc) is 3.31. The Morgan fingerprint density at radius 2 is 1.90 bits per heavy atom. The molecule has 0 aliphatic heterocycles. The van der Waals surface area contributed by atoms with Crippen LogP contribution in [0, 0.1) is 0 Å². The Morgan fingerprint density at radius 1 is 1.15 bits per heavy atom. The number of benzene rings is 1. The Hall–Kier alpha value is -2.14. The maximum atomic E-state index is 6.25. The van der Waals surface area contributed by atoms with Gasteiger partial charge in [-0.1, -0.05) is 6.07 Å². The summed E-state index contributed by atoms with van der Waals surface area (Å²) in [6, 6.07) is 5.49. The zero-order chi connectivity index (χ0) is 13.9. The van der Waals surface area contributed by atoms with Gasteiger partial charge in [0.15, 0.2) is 11.5 Å². The summed E-state index contributed by atoms with van der Waals surface area (Å²) in [4.78, 5) is 8.00. The number of aromatic nitrogens is 2. The number of ether oxygens (including phenoxy) is 2. The molecule has 1 atom stereocenters. The summed E-state index contributed by atoms with van der Waals surface area (Å²) in [6.07, 6.45) is 7.46. The summed E-state index contributed by atoms with van der Waals surface area (Å²) < 4.78 is 11.2. The molecule has 104 valence electrons. The first-order valence-electron chi connectivity index (χ1n) is 6.63. The summed E-state index contributed by atoms with van der Waals surface area (Å²) in [7, 11) is 1.64. The molecule has 1 aliphatic carbocycles. The van der Waals surface area contributed by atoms with E-state index in [4.69, 9.17) is 15.2 Å². The van der Waals surface area contributed by atoms with Crippen LogP contribution in [-0.4, -0.2) is 23.2 Å². The van der Waals surface area contributed by atoms with Crippen LogP contribution >= 0.6 is 0 Å². The molecule has 5 nitrogen and oxygen atoms in total. The standard InChI is InChI=1S/C15H17N3O2/c1-19-13-5-2-10(6-14(13)20-12-3-4-12)15(16)11-7-17-9-18-8-11/h2,5-9,12,15H,3-4,16H2,1H3. The lowest BCUT2D eigenvalue weighted by molar-refractivity contribution is 0.281. The Labute approximate surface area is 117 Å². The Kier molecular flexibility index (Phi) is 3.52.